The van der Waals surface area contributed by atoms with Crippen LogP contribution >= 0.6 is 0 Å². The summed E-state index contributed by atoms with van der Waals surface area (Å²) in [4.78, 5) is 11.6. The van der Waals surface area contributed by atoms with E-state index in [2.05, 4.69) is 5.10 Å². The summed E-state index contributed by atoms with van der Waals surface area (Å²) in [7, 11) is 0. The van der Waals surface area contributed by atoms with Gasteiger partial charge in [-0.1, -0.05) is 0 Å². The molecule has 0 aliphatic rings. The Morgan fingerprint density at radius 1 is 1.57 bits per heavy atom. The first-order valence-corrected chi connectivity index (χ1v) is 6.23. The van der Waals surface area contributed by atoms with Crippen molar-refractivity contribution in [1.29, 1.82) is 5.26 Å². The van der Waals surface area contributed by atoms with E-state index in [1.807, 2.05) is 6.07 Å². The van der Waals surface area contributed by atoms with Gasteiger partial charge in [0.05, 0.1) is 30.5 Å². The topological polar surface area (TPSA) is 93.9 Å². The van der Waals surface area contributed by atoms with Crippen LogP contribution in [0.1, 0.15) is 28.5 Å². The highest BCUT2D eigenvalue weighted by Crippen LogP contribution is 2.15. The van der Waals surface area contributed by atoms with E-state index in [4.69, 9.17) is 15.7 Å². The smallest absolute Gasteiger partial charge is 0.361 e. The Morgan fingerprint density at radius 3 is 3.00 bits per heavy atom. The Hall–Kier alpha value is -2.88. The number of nitrogens with zero attached hydrogens (tertiary/aromatic N) is 3. The average molecular weight is 288 g/mol. The molecule has 0 spiro atoms. The predicted molar refractivity (Wildman–Crippen MR) is 72.8 cm³/mol. The molecule has 6 nitrogen and oxygen atoms in total. The minimum atomic E-state index is -0.625. The number of hydrogen-bond donors (Lipinski definition) is 1. The fraction of sp³-hybridized carbons (Fsp3) is 0.214. The zero-order valence-corrected chi connectivity index (χ0v) is 11.3. The molecule has 0 saturated carbocycles. The van der Waals surface area contributed by atoms with Crippen molar-refractivity contribution in [3.05, 3.63) is 47.0 Å². The molecule has 0 unspecified atom stereocenters. The number of nitrogen functional groups attached to an aromatic ring is 1. The second-order valence-electron chi connectivity index (χ2n) is 4.27. The molecule has 0 aliphatic carbocycles. The molecule has 1 aromatic carbocycles. The van der Waals surface area contributed by atoms with Gasteiger partial charge in [0.15, 0.2) is 5.69 Å². The molecule has 2 N–H and O–H groups in total. The number of esters is 1. The Labute approximate surface area is 120 Å². The summed E-state index contributed by atoms with van der Waals surface area (Å²) in [6.07, 6.45) is 1.42. The Balaban J connectivity index is 2.27. The van der Waals surface area contributed by atoms with Gasteiger partial charge < -0.3 is 10.5 Å². The van der Waals surface area contributed by atoms with Crippen LogP contribution in [-0.4, -0.2) is 22.4 Å². The van der Waals surface area contributed by atoms with Crippen LogP contribution in [0.4, 0.5) is 10.1 Å². The molecule has 0 bridgehead atoms. The first kappa shape index (κ1) is 14.5. The van der Waals surface area contributed by atoms with Crippen LogP contribution in [0, 0.1) is 17.1 Å². The van der Waals surface area contributed by atoms with Gasteiger partial charge in [0.25, 0.3) is 0 Å². The van der Waals surface area contributed by atoms with Gasteiger partial charge >= 0.3 is 5.97 Å². The van der Waals surface area contributed by atoms with Crippen molar-refractivity contribution in [3.63, 3.8) is 0 Å². The van der Waals surface area contributed by atoms with Gasteiger partial charge in [-0.05, 0) is 25.1 Å². The maximum absolute atomic E-state index is 13.7. The Bertz CT molecular complexity index is 718. The predicted octanol–water partition coefficient (Wildman–Crippen LogP) is 1.70. The highest BCUT2D eigenvalue weighted by Gasteiger charge is 2.16. The lowest BCUT2D eigenvalue weighted by Gasteiger charge is -2.04. The molecule has 1 aromatic heterocycles. The monoisotopic (exact) mass is 288 g/mol. The number of hydrogen-bond acceptors (Lipinski definition) is 5. The van der Waals surface area contributed by atoms with Crippen LogP contribution < -0.4 is 5.73 Å². The summed E-state index contributed by atoms with van der Waals surface area (Å²) in [6, 6.07) is 5.97. The lowest BCUT2D eigenvalue weighted by molar-refractivity contribution is 0.0519. The summed E-state index contributed by atoms with van der Waals surface area (Å²) in [5, 5.41) is 12.8. The molecule has 0 saturated heterocycles. The normalized spacial score (nSPS) is 10.1. The molecule has 21 heavy (non-hydrogen) atoms. The van der Waals surface area contributed by atoms with E-state index >= 15 is 0 Å². The zero-order chi connectivity index (χ0) is 15.4. The standard InChI is InChI=1S/C14H13FN4O2/c1-2-21-14(20)13-12(17)8-19(18-13)7-10-5-9(6-16)3-4-11(10)15/h3-5,8H,2,7,17H2,1H3. The van der Waals surface area contributed by atoms with Crippen LogP contribution in [-0.2, 0) is 11.3 Å². The van der Waals surface area contributed by atoms with E-state index in [1.165, 1.54) is 29.1 Å². The van der Waals surface area contributed by atoms with Crippen molar-refractivity contribution < 1.29 is 13.9 Å². The van der Waals surface area contributed by atoms with Crippen LogP contribution in [0.3, 0.4) is 0 Å². The lowest BCUT2D eigenvalue weighted by atomic mass is 10.1. The summed E-state index contributed by atoms with van der Waals surface area (Å²) in [5.74, 6) is -1.08. The van der Waals surface area contributed by atoms with Gasteiger partial charge in [-0.2, -0.15) is 10.4 Å². The number of aromatic nitrogens is 2. The van der Waals surface area contributed by atoms with Gasteiger partial charge in [0.2, 0.25) is 0 Å². The molecule has 0 fully saturated rings. The molecule has 7 heteroatoms. The van der Waals surface area contributed by atoms with Crippen molar-refractivity contribution in [3.8, 4) is 6.07 Å². The molecule has 0 radical (unpaired) electrons. The number of carbonyl (C=O) groups excluding carboxylic acids is 1. The summed E-state index contributed by atoms with van der Waals surface area (Å²) in [6.45, 7) is 1.95. The number of halogens is 1. The maximum atomic E-state index is 13.7. The fourth-order valence-corrected chi connectivity index (χ4v) is 1.82. The molecule has 2 rings (SSSR count). The minimum absolute atomic E-state index is 0.00584. The van der Waals surface area contributed by atoms with Crippen LogP contribution in [0.2, 0.25) is 0 Å². The van der Waals surface area contributed by atoms with E-state index in [-0.39, 0.29) is 30.1 Å². The van der Waals surface area contributed by atoms with Gasteiger partial charge in [0, 0.05) is 11.8 Å². The third kappa shape index (κ3) is 3.17. The molecule has 108 valence electrons. The maximum Gasteiger partial charge on any atom is 0.361 e. The quantitative estimate of drug-likeness (QED) is 0.864. The molecule has 0 aliphatic heterocycles. The highest BCUT2D eigenvalue weighted by molar-refractivity contribution is 5.92. The molecule has 0 atom stereocenters. The van der Waals surface area contributed by atoms with Gasteiger partial charge in [0.1, 0.15) is 5.82 Å². The van der Waals surface area contributed by atoms with E-state index in [0.29, 0.717) is 5.56 Å². The van der Waals surface area contributed by atoms with Crippen molar-refractivity contribution >= 4 is 11.7 Å². The van der Waals surface area contributed by atoms with Crippen molar-refractivity contribution in [1.82, 2.24) is 9.78 Å². The third-order valence-corrected chi connectivity index (χ3v) is 2.77. The average Bonchev–Trinajstić information content (AvgIpc) is 2.82. The number of carbonyl (C=O) groups is 1. The molecular weight excluding hydrogens is 275 g/mol. The minimum Gasteiger partial charge on any atom is -0.461 e. The van der Waals surface area contributed by atoms with Gasteiger partial charge in [-0.25, -0.2) is 9.18 Å². The van der Waals surface area contributed by atoms with Crippen molar-refractivity contribution in [2.45, 2.75) is 13.5 Å². The Morgan fingerprint density at radius 2 is 2.33 bits per heavy atom. The number of rotatable bonds is 4. The summed E-state index contributed by atoms with van der Waals surface area (Å²) < 4.78 is 19.9. The van der Waals surface area contributed by atoms with E-state index in [1.54, 1.807) is 6.92 Å². The van der Waals surface area contributed by atoms with Gasteiger partial charge in [-0.15, -0.1) is 0 Å². The molecule has 1 heterocycles. The van der Waals surface area contributed by atoms with Crippen molar-refractivity contribution in [2.24, 2.45) is 0 Å². The lowest BCUT2D eigenvalue weighted by Crippen LogP contribution is -2.09. The largest absolute Gasteiger partial charge is 0.461 e. The molecule has 0 amide bonds. The number of nitrogens with two attached hydrogens (primary N) is 1. The Kier molecular flexibility index (Phi) is 4.18. The first-order valence-electron chi connectivity index (χ1n) is 6.23. The van der Waals surface area contributed by atoms with Gasteiger partial charge in [-0.3, -0.25) is 4.68 Å². The number of ether oxygens (including phenoxy) is 1. The molecular formula is C14H13FN4O2. The SMILES string of the molecule is CCOC(=O)c1nn(Cc2cc(C#N)ccc2F)cc1N. The number of nitriles is 1. The third-order valence-electron chi connectivity index (χ3n) is 2.77. The number of benzene rings is 1. The van der Waals surface area contributed by atoms with Crippen LogP contribution in [0.15, 0.2) is 24.4 Å². The van der Waals surface area contributed by atoms with Crippen molar-refractivity contribution in [2.75, 3.05) is 12.3 Å². The van der Waals surface area contributed by atoms with Crippen LogP contribution in [0.25, 0.3) is 0 Å². The van der Waals surface area contributed by atoms with E-state index in [0.717, 1.165) is 0 Å². The summed E-state index contributed by atoms with van der Waals surface area (Å²) in [5.41, 5.74) is 6.47. The first-order chi connectivity index (χ1) is 10.0. The summed E-state index contributed by atoms with van der Waals surface area (Å²) >= 11 is 0. The number of anilines is 1. The van der Waals surface area contributed by atoms with E-state index < -0.39 is 11.8 Å². The zero-order valence-electron chi connectivity index (χ0n) is 11.3. The molecule has 2 aromatic rings. The van der Waals surface area contributed by atoms with Crippen LogP contribution in [0.5, 0.6) is 0 Å². The second kappa shape index (κ2) is 6.05. The fourth-order valence-electron chi connectivity index (χ4n) is 1.82. The van der Waals surface area contributed by atoms with E-state index in [9.17, 15) is 9.18 Å². The second-order valence-corrected chi connectivity index (χ2v) is 4.27. The highest BCUT2D eigenvalue weighted by atomic mass is 19.1.